The van der Waals surface area contributed by atoms with Gasteiger partial charge in [0.05, 0.1) is 5.75 Å². The number of hydrogen-bond acceptors (Lipinski definition) is 4. The monoisotopic (exact) mass is 373 g/mol. The second-order valence-electron chi connectivity index (χ2n) is 7.98. The Morgan fingerprint density at radius 3 is 2.50 bits per heavy atom. The summed E-state index contributed by atoms with van der Waals surface area (Å²) in [4.78, 5) is 6.89. The largest absolute Gasteiger partial charge is 0.356 e. The van der Waals surface area contributed by atoms with E-state index in [1.807, 2.05) is 7.05 Å². The van der Waals surface area contributed by atoms with E-state index in [-0.39, 0.29) is 5.41 Å². The van der Waals surface area contributed by atoms with Crippen LogP contribution in [0.2, 0.25) is 0 Å². The van der Waals surface area contributed by atoms with Crippen molar-refractivity contribution in [1.29, 1.82) is 0 Å². The number of thioether (sulfide) groups is 1. The molecule has 24 heavy (non-hydrogen) atoms. The predicted molar refractivity (Wildman–Crippen MR) is 103 cm³/mol. The van der Waals surface area contributed by atoms with Crippen molar-refractivity contribution in [3.8, 4) is 0 Å². The van der Waals surface area contributed by atoms with Gasteiger partial charge in [-0.3, -0.25) is 4.99 Å². The number of sulfone groups is 1. The first kappa shape index (κ1) is 18.4. The Morgan fingerprint density at radius 2 is 1.92 bits per heavy atom. The first-order valence-electron chi connectivity index (χ1n) is 9.13. The Kier molecular flexibility index (Phi) is 5.40. The van der Waals surface area contributed by atoms with Gasteiger partial charge in [-0.25, -0.2) is 8.42 Å². The summed E-state index contributed by atoms with van der Waals surface area (Å²) in [6.45, 7) is 2.84. The molecule has 0 aromatic carbocycles. The maximum Gasteiger partial charge on any atom is 0.193 e. The predicted octanol–water partition coefficient (Wildman–Crippen LogP) is 2.14. The van der Waals surface area contributed by atoms with E-state index in [0.29, 0.717) is 10.5 Å². The van der Waals surface area contributed by atoms with Gasteiger partial charge in [0.15, 0.2) is 5.96 Å². The van der Waals surface area contributed by atoms with Gasteiger partial charge in [-0.05, 0) is 25.7 Å². The molecule has 1 spiro atoms. The minimum Gasteiger partial charge on any atom is -0.356 e. The highest BCUT2D eigenvalue weighted by molar-refractivity contribution is 8.00. The third-order valence-corrected chi connectivity index (χ3v) is 8.34. The molecule has 1 saturated heterocycles. The van der Waals surface area contributed by atoms with Crippen LogP contribution < -0.4 is 5.32 Å². The van der Waals surface area contributed by atoms with Gasteiger partial charge in [-0.1, -0.05) is 19.3 Å². The van der Waals surface area contributed by atoms with Gasteiger partial charge < -0.3 is 10.2 Å². The summed E-state index contributed by atoms with van der Waals surface area (Å²) < 4.78 is 23.7. The molecule has 1 aliphatic heterocycles. The third kappa shape index (κ3) is 4.59. The molecule has 0 aromatic heterocycles. The lowest BCUT2D eigenvalue weighted by Gasteiger charge is -2.45. The Morgan fingerprint density at radius 1 is 1.21 bits per heavy atom. The normalized spacial score (nSPS) is 26.4. The molecule has 0 radical (unpaired) electrons. The lowest BCUT2D eigenvalue weighted by molar-refractivity contribution is 0.292. The van der Waals surface area contributed by atoms with Crippen molar-refractivity contribution in [2.24, 2.45) is 10.4 Å². The molecule has 3 fully saturated rings. The van der Waals surface area contributed by atoms with E-state index in [1.165, 1.54) is 38.4 Å². The van der Waals surface area contributed by atoms with Crippen molar-refractivity contribution in [1.82, 2.24) is 10.2 Å². The highest BCUT2D eigenvalue weighted by atomic mass is 32.2. The summed E-state index contributed by atoms with van der Waals surface area (Å²) in [7, 11) is -1.08. The van der Waals surface area contributed by atoms with Gasteiger partial charge >= 0.3 is 0 Å². The van der Waals surface area contributed by atoms with Crippen LogP contribution in [0, 0.1) is 5.41 Å². The van der Waals surface area contributed by atoms with Crippen molar-refractivity contribution < 1.29 is 8.42 Å². The van der Waals surface area contributed by atoms with Crippen molar-refractivity contribution in [3.63, 3.8) is 0 Å². The summed E-state index contributed by atoms with van der Waals surface area (Å²) in [5.74, 6) is 2.42. The average molecular weight is 374 g/mol. The molecule has 7 heteroatoms. The number of hydrogen-bond donors (Lipinski definition) is 1. The van der Waals surface area contributed by atoms with E-state index in [2.05, 4.69) is 27.0 Å². The molecule has 0 atom stereocenters. The molecule has 1 heterocycles. The van der Waals surface area contributed by atoms with E-state index in [1.54, 1.807) is 0 Å². The molecule has 1 N–H and O–H groups in total. The minimum atomic E-state index is -2.92. The molecule has 0 amide bonds. The summed E-state index contributed by atoms with van der Waals surface area (Å²) in [6.07, 6.45) is 10.1. The van der Waals surface area contributed by atoms with Crippen molar-refractivity contribution >= 4 is 27.6 Å². The van der Waals surface area contributed by atoms with Gasteiger partial charge in [-0.2, -0.15) is 11.8 Å². The van der Waals surface area contributed by atoms with Crippen LogP contribution in [-0.4, -0.2) is 68.5 Å². The highest BCUT2D eigenvalue weighted by Gasteiger charge is 2.45. The van der Waals surface area contributed by atoms with Crippen LogP contribution in [0.15, 0.2) is 4.99 Å². The van der Waals surface area contributed by atoms with Crippen LogP contribution in [0.3, 0.4) is 0 Å². The van der Waals surface area contributed by atoms with Crippen LogP contribution >= 0.6 is 11.8 Å². The zero-order chi connectivity index (χ0) is 17.3. The van der Waals surface area contributed by atoms with Gasteiger partial charge in [-0.15, -0.1) is 0 Å². The molecule has 2 saturated carbocycles. The Hall–Kier alpha value is -0.430. The average Bonchev–Trinajstić information content (AvgIpc) is 3.26. The molecule has 5 nitrogen and oxygen atoms in total. The third-order valence-electron chi connectivity index (χ3n) is 5.67. The molecule has 3 rings (SSSR count). The topological polar surface area (TPSA) is 61.8 Å². The second kappa shape index (κ2) is 7.06. The van der Waals surface area contributed by atoms with E-state index in [0.717, 1.165) is 44.2 Å². The zero-order valence-corrected chi connectivity index (χ0v) is 16.6. The van der Waals surface area contributed by atoms with Crippen LogP contribution in [0.1, 0.15) is 44.9 Å². The van der Waals surface area contributed by atoms with Gasteiger partial charge in [0.2, 0.25) is 0 Å². The molecule has 0 bridgehead atoms. The fourth-order valence-electron chi connectivity index (χ4n) is 4.23. The molecule has 0 aromatic rings. The van der Waals surface area contributed by atoms with Crippen molar-refractivity contribution in [3.05, 3.63) is 0 Å². The molecule has 2 aliphatic carbocycles. The summed E-state index contributed by atoms with van der Waals surface area (Å²) >= 11 is 2.16. The first-order valence-corrected chi connectivity index (χ1v) is 12.2. The van der Waals surface area contributed by atoms with E-state index in [4.69, 9.17) is 0 Å². The van der Waals surface area contributed by atoms with Crippen molar-refractivity contribution in [2.45, 2.75) is 49.7 Å². The SMILES string of the molecule is CN=C(NCC1(CS(C)(=O)=O)CC1)N1CCSC2(CCCCC2)C1. The standard InChI is InChI=1S/C17H31N3O2S2/c1-18-15(19-12-16(8-9-16)14-24(2,21)22)20-10-11-23-17(13-20)6-4-3-5-7-17/h3-14H2,1-2H3,(H,18,19). The molecule has 0 unspecified atom stereocenters. The van der Waals surface area contributed by atoms with Crippen molar-refractivity contribution in [2.75, 3.05) is 44.4 Å². The van der Waals surface area contributed by atoms with Gasteiger partial charge in [0, 0.05) is 48.9 Å². The number of nitrogens with zero attached hydrogens (tertiary/aromatic N) is 2. The summed E-state index contributed by atoms with van der Waals surface area (Å²) in [5.41, 5.74) is -0.0589. The fraction of sp³-hybridized carbons (Fsp3) is 0.941. The van der Waals surface area contributed by atoms with Crippen LogP contribution in [0.5, 0.6) is 0 Å². The summed E-state index contributed by atoms with van der Waals surface area (Å²) in [5, 5.41) is 3.49. The maximum absolute atomic E-state index is 11.6. The first-order chi connectivity index (χ1) is 11.4. The summed E-state index contributed by atoms with van der Waals surface area (Å²) in [6, 6.07) is 0. The van der Waals surface area contributed by atoms with Gasteiger partial charge in [0.25, 0.3) is 0 Å². The lowest BCUT2D eigenvalue weighted by Crippen LogP contribution is -2.54. The smallest absolute Gasteiger partial charge is 0.193 e. The number of aliphatic imine (C=N–C) groups is 1. The number of nitrogens with one attached hydrogen (secondary N) is 1. The Balaban J connectivity index is 1.58. The van der Waals surface area contributed by atoms with E-state index < -0.39 is 9.84 Å². The molecule has 138 valence electrons. The quantitative estimate of drug-likeness (QED) is 0.604. The van der Waals surface area contributed by atoms with Crippen LogP contribution in [0.25, 0.3) is 0 Å². The van der Waals surface area contributed by atoms with Gasteiger partial charge in [0.1, 0.15) is 9.84 Å². The van der Waals surface area contributed by atoms with Crippen LogP contribution in [-0.2, 0) is 9.84 Å². The number of rotatable bonds is 4. The zero-order valence-electron chi connectivity index (χ0n) is 15.0. The molecule has 3 aliphatic rings. The molecular weight excluding hydrogens is 342 g/mol. The Labute approximate surface area is 151 Å². The maximum atomic E-state index is 11.6. The van der Waals surface area contributed by atoms with E-state index >= 15 is 0 Å². The fourth-order valence-corrected chi connectivity index (χ4v) is 7.30. The molecular formula is C17H31N3O2S2. The highest BCUT2D eigenvalue weighted by Crippen LogP contribution is 2.46. The lowest BCUT2D eigenvalue weighted by atomic mass is 9.87. The Bertz CT molecular complexity index is 573. The van der Waals surface area contributed by atoms with E-state index in [9.17, 15) is 8.42 Å². The number of guanidine groups is 1. The minimum absolute atomic E-state index is 0.0589. The van der Waals surface area contributed by atoms with Crippen LogP contribution in [0.4, 0.5) is 0 Å². The second-order valence-corrected chi connectivity index (χ2v) is 11.7.